The molecule has 0 aromatic heterocycles. The first-order chi connectivity index (χ1) is 24.2. The quantitative estimate of drug-likeness (QED) is 0.0689. The Morgan fingerprint density at radius 1 is 0.725 bits per heavy atom. The maximum Gasteiger partial charge on any atom is 0.454 e. The summed E-state index contributed by atoms with van der Waals surface area (Å²) in [4.78, 5) is 66.1. The number of benzene rings is 2. The number of hydrogen-bond donors (Lipinski definition) is 6. The van der Waals surface area contributed by atoms with Crippen molar-refractivity contribution < 1.29 is 34.0 Å². The molecule has 0 aliphatic heterocycles. The topological polar surface area (TPSA) is 202 Å². The minimum absolute atomic E-state index is 0.0698. The summed E-state index contributed by atoms with van der Waals surface area (Å²) in [5.74, 6) is -4.15. The lowest BCUT2D eigenvalue weighted by Crippen LogP contribution is -2.48. The molecule has 0 saturated carbocycles. The zero-order chi connectivity index (χ0) is 38.1. The molecule has 2 amide bonds. The molecule has 2 aromatic carbocycles. The molecule has 5 atom stereocenters. The molecule has 0 radical (unpaired) electrons. The molecule has 0 fully saturated rings. The van der Waals surface area contributed by atoms with Gasteiger partial charge in [-0.25, -0.2) is 0 Å². The molecule has 11 nitrogen and oxygen atoms in total. The van der Waals surface area contributed by atoms with Crippen LogP contribution < -0.4 is 22.1 Å². The number of rotatable bonds is 24. The van der Waals surface area contributed by atoms with E-state index in [9.17, 15) is 34.0 Å². The number of carbonyl (C=O) groups is 5. The second kappa shape index (κ2) is 22.3. The van der Waals surface area contributed by atoms with Gasteiger partial charge in [0, 0.05) is 36.7 Å². The standard InChI is InChI=1S/C39H59BN4O7/c1-6-7-8-28-9-11-29(12-10-28)30-13-15-31(16-14-30)35(45)24-32(17-19-41)39(49)43-33(18-20-42)36(46)22-26(4)38(48)44-34(21-25(2)3)37(47)23-27(5)40(50)51/h9-16,25-27,32-34,50-51H,6-8,17-24,41-42H2,1-5H3,(H,43,49)(H,44,48)/t26-,27-,32-,33+,34+/m1/s1. The Bertz CT molecular complexity index is 1420. The number of unbranched alkanes of at least 4 members (excludes halogenated alkanes) is 1. The summed E-state index contributed by atoms with van der Waals surface area (Å²) in [5, 5.41) is 24.3. The fourth-order valence-corrected chi connectivity index (χ4v) is 5.89. The van der Waals surface area contributed by atoms with E-state index in [1.54, 1.807) is 19.1 Å². The Morgan fingerprint density at radius 2 is 1.27 bits per heavy atom. The zero-order valence-electron chi connectivity index (χ0n) is 31.0. The van der Waals surface area contributed by atoms with Crippen molar-refractivity contribution in [2.75, 3.05) is 13.1 Å². The third kappa shape index (κ3) is 14.8. The highest BCUT2D eigenvalue weighted by Crippen LogP contribution is 2.23. The summed E-state index contributed by atoms with van der Waals surface area (Å²) in [5.41, 5.74) is 15.4. The van der Waals surface area contributed by atoms with Crippen LogP contribution >= 0.6 is 0 Å². The molecular formula is C39H59BN4O7. The van der Waals surface area contributed by atoms with Crippen LogP contribution in [0.4, 0.5) is 0 Å². The summed E-state index contributed by atoms with van der Waals surface area (Å²) in [6.45, 7) is 9.34. The molecular weight excluding hydrogens is 647 g/mol. The number of hydrogen-bond acceptors (Lipinski definition) is 9. The third-order valence-corrected chi connectivity index (χ3v) is 9.19. The Balaban J connectivity index is 2.05. The smallest absolute Gasteiger partial charge is 0.427 e. The van der Waals surface area contributed by atoms with E-state index in [4.69, 9.17) is 11.5 Å². The first-order valence-corrected chi connectivity index (χ1v) is 18.4. The van der Waals surface area contributed by atoms with Crippen molar-refractivity contribution in [3.05, 3.63) is 59.7 Å². The van der Waals surface area contributed by atoms with Crippen LogP contribution in [-0.2, 0) is 25.6 Å². The Labute approximate surface area is 303 Å². The van der Waals surface area contributed by atoms with Crippen molar-refractivity contribution in [3.63, 3.8) is 0 Å². The fourth-order valence-electron chi connectivity index (χ4n) is 5.89. The van der Waals surface area contributed by atoms with E-state index in [0.717, 1.165) is 30.4 Å². The molecule has 12 heteroatoms. The SMILES string of the molecule is CCCCc1ccc(-c2ccc(C(=O)C[C@@H](CCN)C(=O)N[C@@H](CCN)C(=O)C[C@@H](C)C(=O)N[C@@H](CC(C)C)C(=O)C[C@@H](C)B(O)O)cc2)cc1. The van der Waals surface area contributed by atoms with Crippen molar-refractivity contribution in [1.82, 2.24) is 10.6 Å². The van der Waals surface area contributed by atoms with E-state index in [1.165, 1.54) is 12.5 Å². The molecule has 280 valence electrons. The van der Waals surface area contributed by atoms with Gasteiger partial charge in [-0.3, -0.25) is 24.0 Å². The van der Waals surface area contributed by atoms with Crippen LogP contribution in [0, 0.1) is 17.8 Å². The Morgan fingerprint density at radius 3 is 1.80 bits per heavy atom. The fraction of sp³-hybridized carbons (Fsp3) is 0.564. The van der Waals surface area contributed by atoms with Crippen molar-refractivity contribution in [2.24, 2.45) is 29.2 Å². The van der Waals surface area contributed by atoms with E-state index in [2.05, 4.69) is 41.8 Å². The number of aryl methyl sites for hydroxylation is 1. The minimum Gasteiger partial charge on any atom is -0.427 e. The van der Waals surface area contributed by atoms with Crippen LogP contribution in [-0.4, -0.2) is 71.5 Å². The lowest BCUT2D eigenvalue weighted by molar-refractivity contribution is -0.134. The highest BCUT2D eigenvalue weighted by Gasteiger charge is 2.31. The number of amides is 2. The highest BCUT2D eigenvalue weighted by molar-refractivity contribution is 6.43. The normalized spacial score (nSPS) is 14.2. The molecule has 0 aliphatic carbocycles. The highest BCUT2D eigenvalue weighted by atomic mass is 16.4. The van der Waals surface area contributed by atoms with Crippen molar-refractivity contribution in [2.45, 2.75) is 110 Å². The van der Waals surface area contributed by atoms with E-state index in [-0.39, 0.29) is 62.7 Å². The average molecular weight is 707 g/mol. The summed E-state index contributed by atoms with van der Waals surface area (Å²) < 4.78 is 0. The van der Waals surface area contributed by atoms with E-state index >= 15 is 0 Å². The summed E-state index contributed by atoms with van der Waals surface area (Å²) >= 11 is 0. The van der Waals surface area contributed by atoms with Gasteiger partial charge in [-0.2, -0.15) is 0 Å². The molecule has 2 aromatic rings. The molecule has 0 spiro atoms. The number of carbonyl (C=O) groups excluding carboxylic acids is 5. The molecule has 0 heterocycles. The van der Waals surface area contributed by atoms with Crippen LogP contribution in [0.1, 0.15) is 102 Å². The number of nitrogens with one attached hydrogen (secondary N) is 2. The maximum absolute atomic E-state index is 13.4. The summed E-state index contributed by atoms with van der Waals surface area (Å²) in [6.07, 6.45) is 3.63. The van der Waals surface area contributed by atoms with Gasteiger partial charge in [-0.05, 0) is 73.6 Å². The molecule has 0 unspecified atom stereocenters. The van der Waals surface area contributed by atoms with Crippen LogP contribution in [0.3, 0.4) is 0 Å². The number of nitrogens with two attached hydrogens (primary N) is 2. The van der Waals surface area contributed by atoms with Gasteiger partial charge in [0.1, 0.15) is 0 Å². The van der Waals surface area contributed by atoms with Crippen LogP contribution in [0.5, 0.6) is 0 Å². The first kappa shape index (κ1) is 43.5. The van der Waals surface area contributed by atoms with Gasteiger partial charge in [0.2, 0.25) is 11.8 Å². The molecule has 2 rings (SSSR count). The van der Waals surface area contributed by atoms with Crippen molar-refractivity contribution in [1.29, 1.82) is 0 Å². The summed E-state index contributed by atoms with van der Waals surface area (Å²) in [7, 11) is -1.66. The maximum atomic E-state index is 13.4. The minimum atomic E-state index is -1.66. The first-order valence-electron chi connectivity index (χ1n) is 18.4. The lowest BCUT2D eigenvalue weighted by Gasteiger charge is -2.24. The Kier molecular flexibility index (Phi) is 19.0. The number of ketones is 3. The van der Waals surface area contributed by atoms with E-state index < -0.39 is 54.5 Å². The van der Waals surface area contributed by atoms with Gasteiger partial charge >= 0.3 is 7.12 Å². The van der Waals surface area contributed by atoms with Gasteiger partial charge in [-0.15, -0.1) is 0 Å². The molecule has 0 saturated heterocycles. The molecule has 8 N–H and O–H groups in total. The van der Waals surface area contributed by atoms with Gasteiger partial charge in [-0.1, -0.05) is 89.6 Å². The van der Waals surface area contributed by atoms with E-state index in [0.29, 0.717) is 12.0 Å². The number of Topliss-reactive ketones (excluding diaryl/α,β-unsaturated/α-hetero) is 3. The van der Waals surface area contributed by atoms with Gasteiger partial charge in [0.25, 0.3) is 0 Å². The zero-order valence-corrected chi connectivity index (χ0v) is 31.0. The van der Waals surface area contributed by atoms with Gasteiger partial charge in [0.05, 0.1) is 12.1 Å². The van der Waals surface area contributed by atoms with Crippen LogP contribution in [0.25, 0.3) is 11.1 Å². The Hall–Kier alpha value is -3.71. The van der Waals surface area contributed by atoms with Gasteiger partial charge in [0.15, 0.2) is 17.3 Å². The molecule has 0 aliphatic rings. The summed E-state index contributed by atoms with van der Waals surface area (Å²) in [6, 6.07) is 13.9. The molecule has 0 bridgehead atoms. The van der Waals surface area contributed by atoms with E-state index in [1.807, 2.05) is 26.0 Å². The monoisotopic (exact) mass is 706 g/mol. The predicted octanol–water partition coefficient (Wildman–Crippen LogP) is 4.02. The van der Waals surface area contributed by atoms with Crippen LogP contribution in [0.15, 0.2) is 48.5 Å². The lowest BCUT2D eigenvalue weighted by atomic mass is 9.71. The second-order valence-corrected chi connectivity index (χ2v) is 14.2. The van der Waals surface area contributed by atoms with Crippen LogP contribution in [0.2, 0.25) is 5.82 Å². The van der Waals surface area contributed by atoms with Crippen molar-refractivity contribution >= 4 is 36.3 Å². The van der Waals surface area contributed by atoms with Gasteiger partial charge < -0.3 is 32.1 Å². The third-order valence-electron chi connectivity index (χ3n) is 9.19. The van der Waals surface area contributed by atoms with Crippen molar-refractivity contribution in [3.8, 4) is 11.1 Å². The average Bonchev–Trinajstić information content (AvgIpc) is 3.09. The molecule has 51 heavy (non-hydrogen) atoms. The second-order valence-electron chi connectivity index (χ2n) is 14.2. The predicted molar refractivity (Wildman–Crippen MR) is 202 cm³/mol. The largest absolute Gasteiger partial charge is 0.454 e.